The Bertz CT molecular complexity index is 452. The van der Waals surface area contributed by atoms with Gasteiger partial charge in [-0.2, -0.15) is 16.9 Å². The van der Waals surface area contributed by atoms with Crippen LogP contribution >= 0.6 is 11.8 Å². The summed E-state index contributed by atoms with van der Waals surface area (Å²) in [7, 11) is 0. The third-order valence-corrected chi connectivity index (χ3v) is 4.12. The lowest BCUT2D eigenvalue weighted by molar-refractivity contribution is 0.183. The van der Waals surface area contributed by atoms with E-state index in [4.69, 9.17) is 4.74 Å². The number of rotatable bonds is 1. The molecule has 2 aliphatic rings. The first kappa shape index (κ1) is 10.4. The van der Waals surface area contributed by atoms with Gasteiger partial charge in [-0.3, -0.25) is 4.79 Å². The van der Waals surface area contributed by atoms with E-state index in [2.05, 4.69) is 5.10 Å². The third-order valence-electron chi connectivity index (χ3n) is 3.11. The van der Waals surface area contributed by atoms with Crippen molar-refractivity contribution in [2.75, 3.05) is 19.0 Å². The molecule has 0 aliphatic carbocycles. The minimum Gasteiger partial charge on any atom is -0.379 e. The summed E-state index contributed by atoms with van der Waals surface area (Å²) in [6, 6.07) is 1.90. The number of ether oxygens (including phenoxy) is 1. The summed E-state index contributed by atoms with van der Waals surface area (Å²) in [4.78, 5) is 11.9. The van der Waals surface area contributed by atoms with E-state index in [0.717, 1.165) is 42.2 Å². The molecule has 0 radical (unpaired) electrons. The largest absolute Gasteiger partial charge is 0.379 e. The highest BCUT2D eigenvalue weighted by molar-refractivity contribution is 7.98. The number of aryl methyl sites for hydroxylation is 1. The van der Waals surface area contributed by atoms with Gasteiger partial charge in [0.15, 0.2) is 0 Å². The monoisotopic (exact) mass is 238 g/mol. The van der Waals surface area contributed by atoms with Gasteiger partial charge in [0, 0.05) is 24.8 Å². The van der Waals surface area contributed by atoms with Crippen LogP contribution in [-0.2, 0) is 16.9 Å². The van der Waals surface area contributed by atoms with Crippen molar-refractivity contribution in [1.82, 2.24) is 9.78 Å². The Morgan fingerprint density at radius 2 is 2.50 bits per heavy atom. The second kappa shape index (κ2) is 4.22. The Labute approximate surface area is 98.0 Å². The van der Waals surface area contributed by atoms with Crippen LogP contribution in [0.5, 0.6) is 0 Å². The molecule has 0 aromatic carbocycles. The first-order valence-corrected chi connectivity index (χ1v) is 6.77. The zero-order valence-corrected chi connectivity index (χ0v) is 9.83. The molecule has 5 heteroatoms. The average Bonchev–Trinajstić information content (AvgIpc) is 2.81. The molecule has 1 aromatic rings. The van der Waals surface area contributed by atoms with Crippen LogP contribution in [0.4, 0.5) is 0 Å². The molecular weight excluding hydrogens is 224 g/mol. The maximum atomic E-state index is 11.9. The van der Waals surface area contributed by atoms with E-state index in [-0.39, 0.29) is 11.6 Å². The molecule has 86 valence electrons. The predicted octanol–water partition coefficient (Wildman–Crippen LogP) is 0.994. The molecular formula is C11H14N2O2S. The van der Waals surface area contributed by atoms with E-state index in [0.29, 0.717) is 6.61 Å². The van der Waals surface area contributed by atoms with Gasteiger partial charge >= 0.3 is 0 Å². The van der Waals surface area contributed by atoms with Crippen LogP contribution in [0.2, 0.25) is 0 Å². The maximum Gasteiger partial charge on any atom is 0.267 e. The van der Waals surface area contributed by atoms with Crippen molar-refractivity contribution in [3.63, 3.8) is 0 Å². The Morgan fingerprint density at radius 1 is 1.56 bits per heavy atom. The van der Waals surface area contributed by atoms with Crippen molar-refractivity contribution in [3.05, 3.63) is 27.7 Å². The van der Waals surface area contributed by atoms with Crippen molar-refractivity contribution in [2.24, 2.45) is 0 Å². The van der Waals surface area contributed by atoms with Gasteiger partial charge in [0.05, 0.1) is 18.3 Å². The minimum absolute atomic E-state index is 0.0248. The zero-order valence-electron chi connectivity index (χ0n) is 9.02. The molecule has 0 bridgehead atoms. The molecule has 0 amide bonds. The molecule has 0 N–H and O–H groups in total. The molecule has 3 heterocycles. The number of aromatic nitrogens is 2. The van der Waals surface area contributed by atoms with Gasteiger partial charge in [-0.05, 0) is 17.7 Å². The third kappa shape index (κ3) is 1.78. The molecule has 1 saturated heterocycles. The molecule has 1 fully saturated rings. The van der Waals surface area contributed by atoms with Gasteiger partial charge in [0.1, 0.15) is 0 Å². The molecule has 0 spiro atoms. The molecule has 1 atom stereocenters. The van der Waals surface area contributed by atoms with Crippen LogP contribution in [0.3, 0.4) is 0 Å². The lowest BCUT2D eigenvalue weighted by atomic mass is 10.2. The fourth-order valence-electron chi connectivity index (χ4n) is 2.21. The average molecular weight is 238 g/mol. The highest BCUT2D eigenvalue weighted by Gasteiger charge is 2.22. The number of fused-ring (bicyclic) bond motifs is 1. The van der Waals surface area contributed by atoms with Gasteiger partial charge in [0.2, 0.25) is 0 Å². The number of nitrogens with zero attached hydrogens (tertiary/aromatic N) is 2. The van der Waals surface area contributed by atoms with Crippen molar-refractivity contribution in [2.45, 2.75) is 24.6 Å². The normalized spacial score (nSPS) is 24.4. The van der Waals surface area contributed by atoms with Gasteiger partial charge in [-0.1, -0.05) is 0 Å². The lowest BCUT2D eigenvalue weighted by Crippen LogP contribution is -2.30. The van der Waals surface area contributed by atoms with Crippen LogP contribution in [-0.4, -0.2) is 28.7 Å². The maximum absolute atomic E-state index is 11.9. The van der Waals surface area contributed by atoms with Gasteiger partial charge in [-0.25, -0.2) is 4.68 Å². The smallest absolute Gasteiger partial charge is 0.267 e. The van der Waals surface area contributed by atoms with E-state index in [1.807, 2.05) is 11.8 Å². The van der Waals surface area contributed by atoms with Crippen molar-refractivity contribution in [1.29, 1.82) is 0 Å². The summed E-state index contributed by atoms with van der Waals surface area (Å²) < 4.78 is 6.93. The van der Waals surface area contributed by atoms with Gasteiger partial charge in [0.25, 0.3) is 5.56 Å². The van der Waals surface area contributed by atoms with Crippen molar-refractivity contribution < 1.29 is 4.74 Å². The summed E-state index contributed by atoms with van der Waals surface area (Å²) in [6.45, 7) is 1.37. The van der Waals surface area contributed by atoms with E-state index in [9.17, 15) is 4.79 Å². The van der Waals surface area contributed by atoms with E-state index in [1.54, 1.807) is 10.7 Å². The number of hydrogen-bond donors (Lipinski definition) is 0. The summed E-state index contributed by atoms with van der Waals surface area (Å²) in [6.07, 6.45) is 1.88. The molecule has 3 rings (SSSR count). The highest BCUT2D eigenvalue weighted by Crippen LogP contribution is 2.23. The minimum atomic E-state index is 0.0248. The Morgan fingerprint density at radius 3 is 3.31 bits per heavy atom. The SMILES string of the molecule is O=c1cc2c(nn1C1CCOC1)CCSC2. The summed E-state index contributed by atoms with van der Waals surface area (Å²) in [5.41, 5.74) is 2.25. The Kier molecular flexibility index (Phi) is 2.73. The predicted molar refractivity (Wildman–Crippen MR) is 62.8 cm³/mol. The van der Waals surface area contributed by atoms with Gasteiger partial charge in [-0.15, -0.1) is 0 Å². The van der Waals surface area contributed by atoms with Crippen LogP contribution in [0.15, 0.2) is 10.9 Å². The molecule has 1 unspecified atom stereocenters. The molecule has 0 saturated carbocycles. The number of thioether (sulfide) groups is 1. The van der Waals surface area contributed by atoms with E-state index in [1.165, 1.54) is 0 Å². The Hall–Kier alpha value is -0.810. The first-order chi connectivity index (χ1) is 7.84. The summed E-state index contributed by atoms with van der Waals surface area (Å²) in [5, 5.41) is 4.51. The fourth-order valence-corrected chi connectivity index (χ4v) is 3.16. The van der Waals surface area contributed by atoms with Crippen LogP contribution < -0.4 is 5.56 Å². The molecule has 2 aliphatic heterocycles. The van der Waals surface area contributed by atoms with E-state index >= 15 is 0 Å². The van der Waals surface area contributed by atoms with Crippen LogP contribution in [0, 0.1) is 0 Å². The molecule has 1 aromatic heterocycles. The number of hydrogen-bond acceptors (Lipinski definition) is 4. The van der Waals surface area contributed by atoms with Gasteiger partial charge < -0.3 is 4.74 Å². The van der Waals surface area contributed by atoms with E-state index < -0.39 is 0 Å². The standard InChI is InChI=1S/C11H14N2O2S/c14-11-5-8-7-16-4-2-10(8)12-13(11)9-1-3-15-6-9/h5,9H,1-4,6-7H2. The second-order valence-corrected chi connectivity index (χ2v) is 5.32. The molecule has 16 heavy (non-hydrogen) atoms. The lowest BCUT2D eigenvalue weighted by Gasteiger charge is -2.17. The van der Waals surface area contributed by atoms with Crippen LogP contribution in [0.25, 0.3) is 0 Å². The molecule has 4 nitrogen and oxygen atoms in total. The summed E-state index contributed by atoms with van der Waals surface area (Å²) in [5.74, 6) is 2.04. The quantitative estimate of drug-likeness (QED) is 0.732. The fraction of sp³-hybridized carbons (Fsp3) is 0.636. The van der Waals surface area contributed by atoms with Crippen molar-refractivity contribution in [3.8, 4) is 0 Å². The second-order valence-electron chi connectivity index (χ2n) is 4.22. The Balaban J connectivity index is 2.01. The van der Waals surface area contributed by atoms with Crippen molar-refractivity contribution >= 4 is 11.8 Å². The first-order valence-electron chi connectivity index (χ1n) is 5.62. The summed E-state index contributed by atoms with van der Waals surface area (Å²) >= 11 is 1.87. The van der Waals surface area contributed by atoms with Crippen LogP contribution in [0.1, 0.15) is 23.7 Å². The highest BCUT2D eigenvalue weighted by atomic mass is 32.2. The topological polar surface area (TPSA) is 44.1 Å². The zero-order chi connectivity index (χ0) is 11.0.